The van der Waals surface area contributed by atoms with Gasteiger partial charge in [-0.2, -0.15) is 0 Å². The fraction of sp³-hybridized carbons (Fsp3) is 0.231. The number of halogens is 1. The minimum absolute atomic E-state index is 0.118. The summed E-state index contributed by atoms with van der Waals surface area (Å²) in [5, 5.41) is 9.68. The molecule has 0 radical (unpaired) electrons. The number of hydrogen-bond donors (Lipinski definition) is 3. The molecule has 190 valence electrons. The molecule has 0 atom stereocenters. The first-order valence-electron chi connectivity index (χ1n) is 10.8. The lowest BCUT2D eigenvalue weighted by Crippen LogP contribution is -2.15. The normalized spacial score (nSPS) is 12.1. The summed E-state index contributed by atoms with van der Waals surface area (Å²) in [7, 11) is -2.08. The zero-order valence-corrected chi connectivity index (χ0v) is 21.3. The molecule has 1 aromatic heterocycles. The van der Waals surface area contributed by atoms with Gasteiger partial charge in [-0.3, -0.25) is 9.52 Å². The van der Waals surface area contributed by atoms with Crippen LogP contribution in [0.3, 0.4) is 0 Å². The molecule has 3 rings (SSSR count). The predicted octanol–water partition coefficient (Wildman–Crippen LogP) is 4.73. The Labute approximate surface area is 208 Å². The number of aromatic carboxylic acids is 1. The number of ether oxygens (including phenoxy) is 1. The van der Waals surface area contributed by atoms with Crippen LogP contribution in [-0.2, 0) is 15.4 Å². The topological polar surface area (TPSA) is 126 Å². The predicted molar refractivity (Wildman–Crippen MR) is 139 cm³/mol. The quantitative estimate of drug-likeness (QED) is 0.392. The maximum absolute atomic E-state index is 13.9. The summed E-state index contributed by atoms with van der Waals surface area (Å²) in [6.45, 7) is 5.90. The van der Waals surface area contributed by atoms with Crippen LogP contribution >= 0.6 is 0 Å². The molecule has 0 aliphatic heterocycles. The van der Waals surface area contributed by atoms with E-state index in [1.807, 2.05) is 20.8 Å². The number of benzene rings is 2. The number of aromatic nitrogens is 1. The van der Waals surface area contributed by atoms with Crippen molar-refractivity contribution >= 4 is 33.8 Å². The highest BCUT2D eigenvalue weighted by Gasteiger charge is 2.23. The number of rotatable bonds is 7. The lowest BCUT2D eigenvalue weighted by Gasteiger charge is -2.24. The Morgan fingerprint density at radius 1 is 1.11 bits per heavy atom. The average Bonchev–Trinajstić information content (AvgIpc) is 2.77. The lowest BCUT2D eigenvalue weighted by molar-refractivity contribution is 0.0696. The van der Waals surface area contributed by atoms with Crippen molar-refractivity contribution in [1.29, 1.82) is 0 Å². The SMILES string of the molecule is COc1c(/C=C/c2ccc(NS(C)(=O)=O)cc2C(=O)O)cc(-c2cc(F)c[nH]c2=O)cc1C(C)(C)C. The highest BCUT2D eigenvalue weighted by Crippen LogP contribution is 2.38. The summed E-state index contributed by atoms with van der Waals surface area (Å²) < 4.78 is 44.9. The molecule has 10 heteroatoms. The summed E-state index contributed by atoms with van der Waals surface area (Å²) >= 11 is 0. The van der Waals surface area contributed by atoms with Crippen molar-refractivity contribution < 1.29 is 27.4 Å². The first-order chi connectivity index (χ1) is 16.7. The molecule has 0 aliphatic rings. The number of hydrogen-bond acceptors (Lipinski definition) is 5. The van der Waals surface area contributed by atoms with Crippen molar-refractivity contribution in [2.75, 3.05) is 18.1 Å². The van der Waals surface area contributed by atoms with Crippen LogP contribution in [0.15, 0.2) is 47.4 Å². The van der Waals surface area contributed by atoms with E-state index in [-0.39, 0.29) is 16.8 Å². The molecule has 0 unspecified atom stereocenters. The number of aromatic amines is 1. The maximum Gasteiger partial charge on any atom is 0.336 e. The van der Waals surface area contributed by atoms with Crippen LogP contribution in [0.1, 0.15) is 47.8 Å². The largest absolute Gasteiger partial charge is 0.496 e. The van der Waals surface area contributed by atoms with E-state index in [0.717, 1.165) is 24.1 Å². The monoisotopic (exact) mass is 514 g/mol. The molecule has 0 aliphatic carbocycles. The molecule has 0 spiro atoms. The number of H-pyrrole nitrogens is 1. The molecule has 0 amide bonds. The van der Waals surface area contributed by atoms with Gasteiger partial charge in [0, 0.05) is 28.6 Å². The van der Waals surface area contributed by atoms with E-state index in [0.29, 0.717) is 22.4 Å². The minimum Gasteiger partial charge on any atom is -0.496 e. The van der Waals surface area contributed by atoms with Crippen molar-refractivity contribution in [2.24, 2.45) is 0 Å². The van der Waals surface area contributed by atoms with Gasteiger partial charge in [-0.25, -0.2) is 17.6 Å². The van der Waals surface area contributed by atoms with Gasteiger partial charge in [-0.05, 0) is 46.9 Å². The van der Waals surface area contributed by atoms with Crippen molar-refractivity contribution in [3.63, 3.8) is 0 Å². The zero-order valence-electron chi connectivity index (χ0n) is 20.5. The fourth-order valence-electron chi connectivity index (χ4n) is 3.73. The number of carbonyl (C=O) groups is 1. The first kappa shape index (κ1) is 26.7. The summed E-state index contributed by atoms with van der Waals surface area (Å²) in [5.74, 6) is -1.32. The molecule has 0 saturated heterocycles. The van der Waals surface area contributed by atoms with Gasteiger partial charge in [0.25, 0.3) is 5.56 Å². The van der Waals surface area contributed by atoms with Crippen LogP contribution in [-0.4, -0.2) is 37.8 Å². The van der Waals surface area contributed by atoms with Crippen molar-refractivity contribution in [3.05, 3.63) is 81.0 Å². The number of carboxylic acids is 1. The molecule has 0 saturated carbocycles. The van der Waals surface area contributed by atoms with Gasteiger partial charge in [-0.1, -0.05) is 39.0 Å². The number of sulfonamides is 1. The van der Waals surface area contributed by atoms with E-state index in [2.05, 4.69) is 9.71 Å². The second-order valence-corrected chi connectivity index (χ2v) is 11.0. The van der Waals surface area contributed by atoms with Gasteiger partial charge in [0.2, 0.25) is 10.0 Å². The Bertz CT molecular complexity index is 1520. The van der Waals surface area contributed by atoms with Gasteiger partial charge in [0.05, 0.1) is 18.9 Å². The number of methoxy groups -OCH3 is 1. The van der Waals surface area contributed by atoms with Crippen molar-refractivity contribution in [1.82, 2.24) is 4.98 Å². The van der Waals surface area contributed by atoms with E-state index in [1.54, 1.807) is 24.3 Å². The number of carboxylic acid groups (broad SMARTS) is 1. The van der Waals surface area contributed by atoms with Gasteiger partial charge in [0.15, 0.2) is 0 Å². The van der Waals surface area contributed by atoms with Crippen molar-refractivity contribution in [2.45, 2.75) is 26.2 Å². The van der Waals surface area contributed by atoms with Crippen LogP contribution in [0.4, 0.5) is 10.1 Å². The standard InChI is InChI=1S/C26H27FN2O6S/c1-26(2,3)22-11-17(20-12-18(27)14-28-24(20)30)10-16(23(22)35-4)7-6-15-8-9-19(29-36(5,33)34)13-21(15)25(31)32/h6-14,29H,1-5H3,(H,28,30)(H,31,32)/b7-6+. The maximum atomic E-state index is 13.9. The molecule has 8 nitrogen and oxygen atoms in total. The Morgan fingerprint density at radius 3 is 2.36 bits per heavy atom. The zero-order chi connectivity index (χ0) is 26.8. The third-order valence-electron chi connectivity index (χ3n) is 5.34. The third kappa shape index (κ3) is 6.19. The lowest BCUT2D eigenvalue weighted by atomic mass is 9.83. The van der Waals surface area contributed by atoms with Crippen LogP contribution in [0.2, 0.25) is 0 Å². The third-order valence-corrected chi connectivity index (χ3v) is 5.94. The van der Waals surface area contributed by atoms with Gasteiger partial charge >= 0.3 is 5.97 Å². The second-order valence-electron chi connectivity index (χ2n) is 9.27. The van der Waals surface area contributed by atoms with Crippen LogP contribution in [0.25, 0.3) is 23.3 Å². The van der Waals surface area contributed by atoms with Gasteiger partial charge < -0.3 is 14.8 Å². The van der Waals surface area contributed by atoms with Gasteiger partial charge in [-0.15, -0.1) is 0 Å². The Hall–Kier alpha value is -3.92. The highest BCUT2D eigenvalue weighted by molar-refractivity contribution is 7.92. The second kappa shape index (κ2) is 9.98. The fourth-order valence-corrected chi connectivity index (χ4v) is 4.29. The van der Waals surface area contributed by atoms with E-state index < -0.39 is 32.8 Å². The first-order valence-corrected chi connectivity index (χ1v) is 12.7. The number of pyridine rings is 1. The van der Waals surface area contributed by atoms with Gasteiger partial charge in [0.1, 0.15) is 11.6 Å². The summed E-state index contributed by atoms with van der Waals surface area (Å²) in [5.41, 5.74) is 1.35. The molecule has 36 heavy (non-hydrogen) atoms. The van der Waals surface area contributed by atoms with E-state index in [1.165, 1.54) is 25.3 Å². The molecule has 3 aromatic rings. The average molecular weight is 515 g/mol. The summed E-state index contributed by atoms with van der Waals surface area (Å²) in [6.07, 6.45) is 5.14. The minimum atomic E-state index is -3.59. The Kier molecular flexibility index (Phi) is 7.40. The van der Waals surface area contributed by atoms with Crippen LogP contribution in [0, 0.1) is 5.82 Å². The molecule has 0 bridgehead atoms. The highest BCUT2D eigenvalue weighted by atomic mass is 32.2. The molecule has 2 aromatic carbocycles. The number of anilines is 1. The Balaban J connectivity index is 2.21. The number of nitrogens with one attached hydrogen (secondary N) is 2. The van der Waals surface area contributed by atoms with Crippen LogP contribution in [0.5, 0.6) is 5.75 Å². The van der Waals surface area contributed by atoms with E-state index >= 15 is 0 Å². The van der Waals surface area contributed by atoms with Crippen LogP contribution < -0.4 is 15.0 Å². The van der Waals surface area contributed by atoms with E-state index in [4.69, 9.17) is 4.74 Å². The molecular weight excluding hydrogens is 487 g/mol. The molecule has 3 N–H and O–H groups in total. The molecular formula is C26H27FN2O6S. The summed E-state index contributed by atoms with van der Waals surface area (Å²) in [6, 6.07) is 8.74. The smallest absolute Gasteiger partial charge is 0.336 e. The molecule has 1 heterocycles. The molecule has 0 fully saturated rings. The summed E-state index contributed by atoms with van der Waals surface area (Å²) in [4.78, 5) is 26.7. The van der Waals surface area contributed by atoms with Crippen molar-refractivity contribution in [3.8, 4) is 16.9 Å². The van der Waals surface area contributed by atoms with E-state index in [9.17, 15) is 27.5 Å². The Morgan fingerprint density at radius 2 is 1.78 bits per heavy atom.